The number of rotatable bonds is 3. The van der Waals surface area contributed by atoms with Crippen molar-refractivity contribution in [2.24, 2.45) is 0 Å². The van der Waals surface area contributed by atoms with Crippen molar-refractivity contribution in [1.29, 1.82) is 0 Å². The molecule has 0 spiro atoms. The number of pyridine rings is 1. The van der Waals surface area contributed by atoms with E-state index >= 15 is 0 Å². The van der Waals surface area contributed by atoms with Crippen molar-refractivity contribution in [3.05, 3.63) is 29.6 Å². The van der Waals surface area contributed by atoms with Crippen molar-refractivity contribution in [3.8, 4) is 0 Å². The maximum atomic E-state index is 12.3. The zero-order chi connectivity index (χ0) is 14.7. The zero-order valence-corrected chi connectivity index (χ0v) is 11.7. The van der Waals surface area contributed by atoms with E-state index in [0.29, 0.717) is 19.5 Å². The second-order valence-electron chi connectivity index (χ2n) is 5.10. The number of nitrogens with zero attached hydrogens (tertiary/aromatic N) is 3. The molecule has 20 heavy (non-hydrogen) atoms. The summed E-state index contributed by atoms with van der Waals surface area (Å²) >= 11 is 0. The third-order valence-corrected chi connectivity index (χ3v) is 3.46. The molecule has 6 heteroatoms. The second kappa shape index (κ2) is 5.90. The van der Waals surface area contributed by atoms with Crippen LogP contribution >= 0.6 is 0 Å². The highest BCUT2D eigenvalue weighted by Crippen LogP contribution is 2.19. The van der Waals surface area contributed by atoms with Crippen LogP contribution < -0.4 is 0 Å². The largest absolute Gasteiger partial charge is 0.480 e. The number of amides is 2. The number of carbonyl (C=O) groups is 2. The minimum absolute atomic E-state index is 0.252. The van der Waals surface area contributed by atoms with Gasteiger partial charge in [0.15, 0.2) is 0 Å². The standard InChI is InChI=1S/C14H19N3O3/c1-10-5-3-6-11(15-10)9-16(2)14(20)17-8-4-7-12(17)13(18)19/h3,5-6,12H,4,7-9H2,1-2H3,(H,18,19). The van der Waals surface area contributed by atoms with E-state index in [0.717, 1.165) is 17.8 Å². The molecule has 1 atom stereocenters. The Hall–Kier alpha value is -2.11. The van der Waals surface area contributed by atoms with Gasteiger partial charge in [-0.2, -0.15) is 0 Å². The van der Waals surface area contributed by atoms with Gasteiger partial charge in [-0.3, -0.25) is 4.98 Å². The third-order valence-electron chi connectivity index (χ3n) is 3.46. The first kappa shape index (κ1) is 14.3. The lowest BCUT2D eigenvalue weighted by molar-refractivity contribution is -0.141. The zero-order valence-electron chi connectivity index (χ0n) is 11.7. The van der Waals surface area contributed by atoms with E-state index in [2.05, 4.69) is 4.98 Å². The molecule has 1 aliphatic heterocycles. The molecule has 2 heterocycles. The lowest BCUT2D eigenvalue weighted by Crippen LogP contribution is -2.46. The normalized spacial score (nSPS) is 18.1. The number of hydrogen-bond acceptors (Lipinski definition) is 3. The highest BCUT2D eigenvalue weighted by molar-refractivity contribution is 5.83. The third kappa shape index (κ3) is 3.07. The number of carboxylic acids is 1. The van der Waals surface area contributed by atoms with Crippen molar-refractivity contribution < 1.29 is 14.7 Å². The van der Waals surface area contributed by atoms with Gasteiger partial charge < -0.3 is 14.9 Å². The summed E-state index contributed by atoms with van der Waals surface area (Å²) < 4.78 is 0. The summed E-state index contributed by atoms with van der Waals surface area (Å²) in [6.07, 6.45) is 1.26. The predicted octanol–water partition coefficient (Wildman–Crippen LogP) is 1.49. The summed E-state index contributed by atoms with van der Waals surface area (Å²) in [4.78, 5) is 30.7. The Morgan fingerprint density at radius 1 is 1.50 bits per heavy atom. The SMILES string of the molecule is Cc1cccc(CN(C)C(=O)N2CCCC2C(=O)O)n1. The first-order chi connectivity index (χ1) is 9.49. The summed E-state index contributed by atoms with van der Waals surface area (Å²) in [6, 6.07) is 4.70. The average molecular weight is 277 g/mol. The van der Waals surface area contributed by atoms with Gasteiger partial charge in [0.05, 0.1) is 12.2 Å². The molecule has 108 valence electrons. The number of aliphatic carboxylic acids is 1. The Morgan fingerprint density at radius 2 is 2.25 bits per heavy atom. The van der Waals surface area contributed by atoms with Crippen LogP contribution in [-0.4, -0.2) is 51.5 Å². The maximum Gasteiger partial charge on any atom is 0.326 e. The molecule has 1 saturated heterocycles. The first-order valence-electron chi connectivity index (χ1n) is 6.66. The van der Waals surface area contributed by atoms with Gasteiger partial charge in [-0.15, -0.1) is 0 Å². The number of likely N-dealkylation sites (tertiary alicyclic amines) is 1. The van der Waals surface area contributed by atoms with Crippen molar-refractivity contribution in [1.82, 2.24) is 14.8 Å². The molecule has 0 radical (unpaired) electrons. The molecule has 1 N–H and O–H groups in total. The molecular formula is C14H19N3O3. The number of aryl methyl sites for hydroxylation is 1. The van der Waals surface area contributed by atoms with Crippen LogP contribution in [0.1, 0.15) is 24.2 Å². The van der Waals surface area contributed by atoms with Crippen molar-refractivity contribution in [3.63, 3.8) is 0 Å². The molecule has 2 amide bonds. The number of carbonyl (C=O) groups excluding carboxylic acids is 1. The number of hydrogen-bond donors (Lipinski definition) is 1. The molecule has 1 unspecified atom stereocenters. The lowest BCUT2D eigenvalue weighted by atomic mass is 10.2. The van der Waals surface area contributed by atoms with Crippen molar-refractivity contribution in [2.75, 3.05) is 13.6 Å². The Kier molecular flexibility index (Phi) is 4.22. The van der Waals surface area contributed by atoms with Gasteiger partial charge in [-0.25, -0.2) is 9.59 Å². The Bertz CT molecular complexity index is 518. The molecule has 0 aliphatic carbocycles. The summed E-state index contributed by atoms with van der Waals surface area (Å²) in [7, 11) is 1.67. The smallest absolute Gasteiger partial charge is 0.326 e. The summed E-state index contributed by atoms with van der Waals surface area (Å²) in [5, 5.41) is 9.12. The van der Waals surface area contributed by atoms with E-state index in [9.17, 15) is 9.59 Å². The minimum atomic E-state index is -0.932. The van der Waals surface area contributed by atoms with E-state index in [1.807, 2.05) is 25.1 Å². The fourth-order valence-electron chi connectivity index (χ4n) is 2.47. The van der Waals surface area contributed by atoms with Crippen LogP contribution in [0, 0.1) is 6.92 Å². The summed E-state index contributed by atoms with van der Waals surface area (Å²) in [5.41, 5.74) is 1.69. The van der Waals surface area contributed by atoms with Crippen molar-refractivity contribution in [2.45, 2.75) is 32.4 Å². The van der Waals surface area contributed by atoms with E-state index < -0.39 is 12.0 Å². The summed E-state index contributed by atoms with van der Waals surface area (Å²) in [6.45, 7) is 2.77. The second-order valence-corrected chi connectivity index (χ2v) is 5.10. The van der Waals surface area contributed by atoms with Gasteiger partial charge >= 0.3 is 12.0 Å². The van der Waals surface area contributed by atoms with Crippen LogP contribution in [-0.2, 0) is 11.3 Å². The molecule has 1 aliphatic rings. The fraction of sp³-hybridized carbons (Fsp3) is 0.500. The van der Waals surface area contributed by atoms with Crippen LogP contribution in [0.5, 0.6) is 0 Å². The highest BCUT2D eigenvalue weighted by Gasteiger charge is 2.35. The van der Waals surface area contributed by atoms with Crippen LogP contribution in [0.15, 0.2) is 18.2 Å². The van der Waals surface area contributed by atoms with Crippen LogP contribution in [0.3, 0.4) is 0 Å². The lowest BCUT2D eigenvalue weighted by Gasteiger charge is -2.27. The molecule has 1 aromatic heterocycles. The van der Waals surface area contributed by atoms with E-state index in [4.69, 9.17) is 5.11 Å². The van der Waals surface area contributed by atoms with Gasteiger partial charge in [0.1, 0.15) is 6.04 Å². The number of urea groups is 1. The van der Waals surface area contributed by atoms with Gasteiger partial charge in [0.25, 0.3) is 0 Å². The predicted molar refractivity (Wildman–Crippen MR) is 73.2 cm³/mol. The van der Waals surface area contributed by atoms with E-state index in [1.54, 1.807) is 7.05 Å². The first-order valence-corrected chi connectivity index (χ1v) is 6.66. The fourth-order valence-corrected chi connectivity index (χ4v) is 2.47. The van der Waals surface area contributed by atoms with Crippen LogP contribution in [0.25, 0.3) is 0 Å². The van der Waals surface area contributed by atoms with Gasteiger partial charge in [0, 0.05) is 19.3 Å². The topological polar surface area (TPSA) is 73.7 Å². The van der Waals surface area contributed by atoms with E-state index in [1.165, 1.54) is 9.80 Å². The quantitative estimate of drug-likeness (QED) is 0.908. The molecule has 0 saturated carbocycles. The monoisotopic (exact) mass is 277 g/mol. The van der Waals surface area contributed by atoms with E-state index in [-0.39, 0.29) is 6.03 Å². The molecule has 1 aromatic rings. The molecule has 1 fully saturated rings. The Balaban J connectivity index is 2.03. The van der Waals surface area contributed by atoms with Gasteiger partial charge in [0.2, 0.25) is 0 Å². The molecule has 6 nitrogen and oxygen atoms in total. The van der Waals surface area contributed by atoms with Gasteiger partial charge in [-0.05, 0) is 31.9 Å². The van der Waals surface area contributed by atoms with Crippen LogP contribution in [0.4, 0.5) is 4.79 Å². The summed E-state index contributed by atoms with van der Waals surface area (Å²) in [5.74, 6) is -0.932. The van der Waals surface area contributed by atoms with Crippen molar-refractivity contribution >= 4 is 12.0 Å². The molecular weight excluding hydrogens is 258 g/mol. The molecule has 0 bridgehead atoms. The minimum Gasteiger partial charge on any atom is -0.480 e. The van der Waals surface area contributed by atoms with Crippen LogP contribution in [0.2, 0.25) is 0 Å². The average Bonchev–Trinajstić information content (AvgIpc) is 2.87. The highest BCUT2D eigenvalue weighted by atomic mass is 16.4. The number of carboxylic acid groups (broad SMARTS) is 1. The molecule has 2 rings (SSSR count). The number of aromatic nitrogens is 1. The van der Waals surface area contributed by atoms with Gasteiger partial charge in [-0.1, -0.05) is 6.07 Å². The molecule has 0 aromatic carbocycles. The maximum absolute atomic E-state index is 12.3. The Labute approximate surface area is 118 Å². The Morgan fingerprint density at radius 3 is 2.90 bits per heavy atom.